The van der Waals surface area contributed by atoms with Gasteiger partial charge in [0, 0.05) is 0 Å². The van der Waals surface area contributed by atoms with Crippen LogP contribution < -0.4 is 0 Å². The van der Waals surface area contributed by atoms with Gasteiger partial charge in [0.1, 0.15) is 6.61 Å². The fourth-order valence-corrected chi connectivity index (χ4v) is 0.385. The molecule has 10 heavy (non-hydrogen) atoms. The van der Waals surface area contributed by atoms with Gasteiger partial charge in [0.25, 0.3) is 0 Å². The van der Waals surface area contributed by atoms with Gasteiger partial charge in [0.15, 0.2) is 0 Å². The molecule has 0 spiro atoms. The number of aldehydes is 1. The van der Waals surface area contributed by atoms with Crippen LogP contribution in [-0.4, -0.2) is 32.6 Å². The van der Waals surface area contributed by atoms with E-state index in [1.54, 1.807) is 0 Å². The lowest BCUT2D eigenvalue weighted by molar-refractivity contribution is -0.147. The van der Waals surface area contributed by atoms with E-state index in [4.69, 9.17) is 0 Å². The summed E-state index contributed by atoms with van der Waals surface area (Å²) in [6.45, 7) is -0.395. The van der Waals surface area contributed by atoms with Crippen molar-refractivity contribution in [2.45, 2.75) is 0 Å². The van der Waals surface area contributed by atoms with Gasteiger partial charge in [-0.2, -0.15) is 8.42 Å². The lowest BCUT2D eigenvalue weighted by Gasteiger charge is -1.89. The van der Waals surface area contributed by atoms with E-state index in [-0.39, 0.29) is 6.29 Å². The molecule has 0 aliphatic heterocycles. The summed E-state index contributed by atoms with van der Waals surface area (Å²) in [5, 5.41) is 0.724. The molecule has 0 atom stereocenters. The van der Waals surface area contributed by atoms with Crippen molar-refractivity contribution in [2.75, 3.05) is 6.61 Å². The third-order valence-electron chi connectivity index (χ3n) is 0.526. The number of esters is 1. The summed E-state index contributed by atoms with van der Waals surface area (Å²) in [7, 11) is -2.35. The third-order valence-corrected chi connectivity index (χ3v) is 0.934. The number of hydrogen-bond acceptors (Lipinski definition) is 5. The molecule has 0 aliphatic carbocycles. The Morgan fingerprint density at radius 2 is 2.10 bits per heavy atom. The smallest absolute Gasteiger partial charge is 0.371 e. The number of carbonyl (C=O) groups excluding carboxylic acids is 2. The Morgan fingerprint density at radius 1 is 1.50 bits per heavy atom. The lowest BCUT2D eigenvalue weighted by atomic mass is 10.7. The quantitative estimate of drug-likeness (QED) is 0.217. The molecule has 0 aliphatic rings. The summed E-state index contributed by atoms with van der Waals surface area (Å²) < 4.78 is 23.5. The minimum atomic E-state index is -2.35. The normalized spacial score (nSPS) is 8.00. The predicted molar refractivity (Wildman–Crippen MR) is 32.0 cm³/mol. The van der Waals surface area contributed by atoms with E-state index < -0.39 is 22.9 Å². The maximum Gasteiger partial charge on any atom is 0.371 e. The molecule has 0 aromatic carbocycles. The van der Waals surface area contributed by atoms with Crippen molar-refractivity contribution >= 4 is 27.9 Å². The Balaban J connectivity index is 3.67. The lowest BCUT2D eigenvalue weighted by Crippen LogP contribution is -2.07. The van der Waals surface area contributed by atoms with Gasteiger partial charge in [-0.3, -0.25) is 4.79 Å². The highest BCUT2D eigenvalue weighted by Gasteiger charge is 1.94. The van der Waals surface area contributed by atoms with Crippen LogP contribution >= 0.6 is 0 Å². The third kappa shape index (κ3) is 4.98. The zero-order valence-corrected chi connectivity index (χ0v) is 5.63. The number of rotatable bonds is 3. The molecule has 5 nitrogen and oxygen atoms in total. The van der Waals surface area contributed by atoms with E-state index in [2.05, 4.69) is 4.74 Å². The average Bonchev–Trinajstić information content (AvgIpc) is 1.87. The zero-order chi connectivity index (χ0) is 7.98. The van der Waals surface area contributed by atoms with Crippen LogP contribution in [0.15, 0.2) is 0 Å². The maximum absolute atomic E-state index is 9.98. The molecule has 0 heterocycles. The van der Waals surface area contributed by atoms with Crippen LogP contribution in [0.5, 0.6) is 0 Å². The minimum Gasteiger partial charge on any atom is -0.455 e. The van der Waals surface area contributed by atoms with E-state index in [9.17, 15) is 18.0 Å². The first-order valence-corrected chi connectivity index (χ1v) is 3.34. The van der Waals surface area contributed by atoms with Crippen molar-refractivity contribution in [3.8, 4) is 0 Å². The Hall–Kier alpha value is -1.17. The van der Waals surface area contributed by atoms with Gasteiger partial charge < -0.3 is 4.74 Å². The highest BCUT2D eigenvalue weighted by Crippen LogP contribution is 1.68. The monoisotopic (exact) mass is 164 g/mol. The van der Waals surface area contributed by atoms with Gasteiger partial charge in [0.2, 0.25) is 16.6 Å². The van der Waals surface area contributed by atoms with Crippen LogP contribution in [0.4, 0.5) is 0 Å². The van der Waals surface area contributed by atoms with Crippen LogP contribution in [-0.2, 0) is 24.6 Å². The van der Waals surface area contributed by atoms with Crippen molar-refractivity contribution in [3.63, 3.8) is 0 Å². The number of hydrogen-bond donors (Lipinski definition) is 0. The molecule has 0 aromatic heterocycles. The van der Waals surface area contributed by atoms with E-state index in [0.29, 0.717) is 0 Å². The molecule has 56 valence electrons. The van der Waals surface area contributed by atoms with Crippen LogP contribution in [0, 0.1) is 0 Å². The van der Waals surface area contributed by atoms with Gasteiger partial charge in [-0.25, -0.2) is 4.79 Å². The molecule has 0 rings (SSSR count). The van der Waals surface area contributed by atoms with Crippen molar-refractivity contribution < 1.29 is 22.7 Å². The topological polar surface area (TPSA) is 77.5 Å². The zero-order valence-electron chi connectivity index (χ0n) is 4.81. The summed E-state index contributed by atoms with van der Waals surface area (Å²) in [5.41, 5.74) is 0. The Labute approximate surface area is 58.1 Å². The molecule has 0 bridgehead atoms. The van der Waals surface area contributed by atoms with Gasteiger partial charge in [-0.05, 0) is 0 Å². The van der Waals surface area contributed by atoms with Crippen molar-refractivity contribution in [1.82, 2.24) is 0 Å². The highest BCUT2D eigenvalue weighted by atomic mass is 32.2. The summed E-state index contributed by atoms with van der Waals surface area (Å²) in [6.07, 6.45) is -0.0401. The Kier molecular flexibility index (Phi) is 4.14. The van der Waals surface area contributed by atoms with Gasteiger partial charge >= 0.3 is 5.97 Å². The molecule has 0 saturated carbocycles. The molecule has 0 unspecified atom stereocenters. The second kappa shape index (κ2) is 4.68. The molecule has 0 fully saturated rings. The van der Waals surface area contributed by atoms with Crippen LogP contribution in [0.25, 0.3) is 0 Å². The van der Waals surface area contributed by atoms with Crippen LogP contribution in [0.1, 0.15) is 0 Å². The maximum atomic E-state index is 9.98. The number of ether oxygens (including phenoxy) is 1. The molecule has 0 radical (unpaired) electrons. The summed E-state index contributed by atoms with van der Waals surface area (Å²) >= 11 is 0. The van der Waals surface area contributed by atoms with Gasteiger partial charge in [-0.15, -0.1) is 0 Å². The first kappa shape index (κ1) is 8.83. The minimum absolute atomic E-state index is 0.0401. The van der Waals surface area contributed by atoms with Crippen molar-refractivity contribution in [1.29, 1.82) is 0 Å². The highest BCUT2D eigenvalue weighted by molar-refractivity contribution is 7.71. The first-order chi connectivity index (χ1) is 4.66. The summed E-state index contributed by atoms with van der Waals surface area (Å²) in [5.74, 6) is -1.08. The second-order valence-electron chi connectivity index (χ2n) is 1.18. The van der Waals surface area contributed by atoms with E-state index in [1.807, 2.05) is 0 Å². The molecule has 0 amide bonds. The van der Waals surface area contributed by atoms with Gasteiger partial charge in [-0.1, -0.05) is 0 Å². The van der Waals surface area contributed by atoms with Gasteiger partial charge in [0.05, 0.1) is 5.37 Å². The van der Waals surface area contributed by atoms with Crippen molar-refractivity contribution in [2.24, 2.45) is 0 Å². The van der Waals surface area contributed by atoms with E-state index in [0.717, 1.165) is 5.37 Å². The molecule has 6 heteroatoms. The van der Waals surface area contributed by atoms with Crippen molar-refractivity contribution in [3.05, 3.63) is 0 Å². The van der Waals surface area contributed by atoms with Crippen LogP contribution in [0.3, 0.4) is 0 Å². The molecule has 0 aromatic rings. The molecule has 0 saturated heterocycles. The summed E-state index contributed by atoms with van der Waals surface area (Å²) in [6, 6.07) is 0. The molecular weight excluding hydrogens is 160 g/mol. The fourth-order valence-electron chi connectivity index (χ4n) is 0.206. The largest absolute Gasteiger partial charge is 0.455 e. The van der Waals surface area contributed by atoms with E-state index >= 15 is 0 Å². The Bertz CT molecular complexity index is 241. The molecule has 0 N–H and O–H groups in total. The number of carbonyl (C=O) groups is 2. The SMILES string of the molecule is O=CC(=O)OCC=S(=O)=O. The second-order valence-corrected chi connectivity index (χ2v) is 2.03. The summed E-state index contributed by atoms with van der Waals surface area (Å²) in [4.78, 5) is 19.5. The first-order valence-electron chi connectivity index (χ1n) is 2.20. The Morgan fingerprint density at radius 3 is 2.50 bits per heavy atom. The predicted octanol–water partition coefficient (Wildman–Crippen LogP) is -1.59. The molecular formula is C4H4O5S. The van der Waals surface area contributed by atoms with Crippen LogP contribution in [0.2, 0.25) is 0 Å². The average molecular weight is 164 g/mol. The fraction of sp³-hybridized carbons (Fsp3) is 0.250. The standard InChI is InChI=1S/C4H4O5S/c5-3-4(6)9-1-2-10(7)8/h2-3H,1H2. The van der Waals surface area contributed by atoms with E-state index in [1.165, 1.54) is 0 Å².